The highest BCUT2D eigenvalue weighted by Crippen LogP contribution is 2.64. The number of rotatable bonds is 5. The molecule has 3 unspecified atom stereocenters. The van der Waals surface area contributed by atoms with E-state index >= 15 is 0 Å². The molecule has 5 nitrogen and oxygen atoms in total. The fourth-order valence-electron chi connectivity index (χ4n) is 4.84. The highest BCUT2D eigenvalue weighted by Gasteiger charge is 2.58. The summed E-state index contributed by atoms with van der Waals surface area (Å²) in [6.45, 7) is 4.20. The third kappa shape index (κ3) is 3.52. The maximum Gasteiger partial charge on any atom is 0.419 e. The molecular weight excluding hydrogens is 379 g/mol. The third-order valence-corrected chi connectivity index (χ3v) is 6.78. The molecule has 3 atom stereocenters. The van der Waals surface area contributed by atoms with Gasteiger partial charge in [-0.2, -0.15) is 18.3 Å². The first kappa shape index (κ1) is 20.2. The number of hydrogen-bond acceptors (Lipinski definition) is 4. The van der Waals surface area contributed by atoms with E-state index in [1.54, 1.807) is 0 Å². The second-order valence-electron chi connectivity index (χ2n) is 8.75. The lowest BCUT2D eigenvalue weighted by Crippen LogP contribution is -2.26. The maximum absolute atomic E-state index is 13.3. The fraction of sp³-hybridized carbons (Fsp3) is 0.619. The Labute approximate surface area is 169 Å². The maximum atomic E-state index is 13.3. The van der Waals surface area contributed by atoms with Gasteiger partial charge >= 0.3 is 6.18 Å². The summed E-state index contributed by atoms with van der Waals surface area (Å²) in [4.78, 5) is 6.07. The predicted molar refractivity (Wildman–Crippen MR) is 106 cm³/mol. The zero-order chi connectivity index (χ0) is 21.1. The average molecular weight is 407 g/mol. The Morgan fingerprint density at radius 1 is 1.24 bits per heavy atom. The number of anilines is 1. The van der Waals surface area contributed by atoms with E-state index in [4.69, 9.17) is 10.8 Å². The minimum absolute atomic E-state index is 0.188. The van der Waals surface area contributed by atoms with Crippen LogP contribution in [0, 0.1) is 11.8 Å². The summed E-state index contributed by atoms with van der Waals surface area (Å²) in [7, 11) is 4.25. The van der Waals surface area contributed by atoms with E-state index in [1.807, 2.05) is 10.7 Å². The van der Waals surface area contributed by atoms with Crippen LogP contribution in [0.1, 0.15) is 56.3 Å². The molecule has 2 aliphatic rings. The summed E-state index contributed by atoms with van der Waals surface area (Å²) in [6, 6.07) is 3.84. The highest BCUT2D eigenvalue weighted by atomic mass is 19.4. The van der Waals surface area contributed by atoms with Crippen LogP contribution in [-0.2, 0) is 6.18 Å². The number of aromatic nitrogens is 3. The van der Waals surface area contributed by atoms with E-state index in [-0.39, 0.29) is 6.04 Å². The number of fused-ring (bicyclic) bond motifs is 1. The van der Waals surface area contributed by atoms with Gasteiger partial charge in [-0.3, -0.25) is 4.68 Å². The molecule has 2 aromatic rings. The standard InChI is InChI=1S/C21H28F3N5/c1-5-11(2)29-18(19-14-7-13(28(3)4)8-15(14)19)9-17(27-29)12-6-16(21(22,23)24)20(25)26-10-12/h6,9-11,13-15,19H,5,7-8H2,1-4H3,(H2,25,26). The number of alkyl halides is 3. The number of nitrogens with zero attached hydrogens (tertiary/aromatic N) is 4. The van der Waals surface area contributed by atoms with Crippen molar-refractivity contribution in [3.63, 3.8) is 0 Å². The van der Waals surface area contributed by atoms with Crippen molar-refractivity contribution in [2.45, 2.75) is 57.3 Å². The smallest absolute Gasteiger partial charge is 0.383 e. The van der Waals surface area contributed by atoms with Crippen LogP contribution in [0.2, 0.25) is 0 Å². The molecule has 0 saturated heterocycles. The Bertz CT molecular complexity index is 892. The van der Waals surface area contributed by atoms with E-state index in [0.29, 0.717) is 35.1 Å². The van der Waals surface area contributed by atoms with Crippen molar-refractivity contribution in [2.24, 2.45) is 11.8 Å². The first-order valence-corrected chi connectivity index (χ1v) is 10.2. The molecule has 0 aromatic carbocycles. The van der Waals surface area contributed by atoms with Crippen molar-refractivity contribution in [3.8, 4) is 11.3 Å². The SMILES string of the molecule is CCC(C)n1nc(-c2cnc(N)c(C(F)(F)F)c2)cc1C1C2CC(N(C)C)CC21. The molecule has 158 valence electrons. The van der Waals surface area contributed by atoms with Gasteiger partial charge < -0.3 is 10.6 Å². The number of nitrogen functional groups attached to an aromatic ring is 1. The Hall–Kier alpha value is -2.09. The first-order chi connectivity index (χ1) is 13.6. The first-order valence-electron chi connectivity index (χ1n) is 10.2. The van der Waals surface area contributed by atoms with Gasteiger partial charge in [-0.1, -0.05) is 6.92 Å². The van der Waals surface area contributed by atoms with Crippen molar-refractivity contribution < 1.29 is 13.2 Å². The van der Waals surface area contributed by atoms with E-state index < -0.39 is 17.6 Å². The van der Waals surface area contributed by atoms with Crippen molar-refractivity contribution in [1.82, 2.24) is 19.7 Å². The minimum Gasteiger partial charge on any atom is -0.383 e. The summed E-state index contributed by atoms with van der Waals surface area (Å²) < 4.78 is 41.8. The molecule has 4 rings (SSSR count). The molecule has 29 heavy (non-hydrogen) atoms. The molecule has 2 aliphatic carbocycles. The van der Waals surface area contributed by atoms with Crippen LogP contribution in [0.5, 0.6) is 0 Å². The average Bonchev–Trinajstić information content (AvgIpc) is 3.01. The normalized spacial score (nSPS) is 27.3. The molecule has 0 spiro atoms. The third-order valence-electron chi connectivity index (χ3n) is 6.78. The Balaban J connectivity index is 1.68. The number of halogens is 3. The molecule has 2 heterocycles. The van der Waals surface area contributed by atoms with Gasteiger partial charge in [0, 0.05) is 35.5 Å². The second kappa shape index (κ2) is 7.00. The van der Waals surface area contributed by atoms with Gasteiger partial charge in [0.05, 0.1) is 11.3 Å². The lowest BCUT2D eigenvalue weighted by atomic mass is 10.0. The van der Waals surface area contributed by atoms with Crippen LogP contribution >= 0.6 is 0 Å². The predicted octanol–water partition coefficient (Wildman–Crippen LogP) is 4.57. The fourth-order valence-corrected chi connectivity index (χ4v) is 4.84. The van der Waals surface area contributed by atoms with Crippen LogP contribution in [0.15, 0.2) is 18.3 Å². The zero-order valence-electron chi connectivity index (χ0n) is 17.2. The van der Waals surface area contributed by atoms with Crippen molar-refractivity contribution in [3.05, 3.63) is 29.6 Å². The van der Waals surface area contributed by atoms with Crippen LogP contribution in [0.3, 0.4) is 0 Å². The van der Waals surface area contributed by atoms with E-state index in [2.05, 4.69) is 37.8 Å². The Kier molecular flexibility index (Phi) is 4.88. The van der Waals surface area contributed by atoms with Crippen molar-refractivity contribution >= 4 is 5.82 Å². The molecule has 0 aliphatic heterocycles. The summed E-state index contributed by atoms with van der Waals surface area (Å²) >= 11 is 0. The van der Waals surface area contributed by atoms with E-state index in [0.717, 1.165) is 18.2 Å². The second-order valence-corrected chi connectivity index (χ2v) is 8.75. The van der Waals surface area contributed by atoms with Crippen LogP contribution in [0.4, 0.5) is 19.0 Å². The summed E-state index contributed by atoms with van der Waals surface area (Å²) in [5, 5.41) is 4.70. The summed E-state index contributed by atoms with van der Waals surface area (Å²) in [5.74, 6) is 1.23. The van der Waals surface area contributed by atoms with Crippen molar-refractivity contribution in [2.75, 3.05) is 19.8 Å². The monoisotopic (exact) mass is 407 g/mol. The van der Waals surface area contributed by atoms with Gasteiger partial charge in [-0.25, -0.2) is 4.98 Å². The van der Waals surface area contributed by atoms with Crippen LogP contribution in [0.25, 0.3) is 11.3 Å². The molecule has 2 fully saturated rings. The Morgan fingerprint density at radius 3 is 2.45 bits per heavy atom. The lowest BCUT2D eigenvalue weighted by molar-refractivity contribution is -0.137. The molecule has 0 radical (unpaired) electrons. The molecule has 2 aromatic heterocycles. The molecular formula is C21H28F3N5. The molecule has 0 amide bonds. The van der Waals surface area contributed by atoms with Gasteiger partial charge in [0.2, 0.25) is 0 Å². The lowest BCUT2D eigenvalue weighted by Gasteiger charge is -2.22. The number of hydrogen-bond donors (Lipinski definition) is 1. The quantitative estimate of drug-likeness (QED) is 0.789. The van der Waals surface area contributed by atoms with E-state index in [9.17, 15) is 13.2 Å². The van der Waals surface area contributed by atoms with Gasteiger partial charge in [-0.15, -0.1) is 0 Å². The minimum atomic E-state index is -4.54. The van der Waals surface area contributed by atoms with Gasteiger partial charge in [0.25, 0.3) is 0 Å². The number of pyridine rings is 1. The van der Waals surface area contributed by atoms with Gasteiger partial charge in [-0.05, 0) is 64.3 Å². The molecule has 0 bridgehead atoms. The van der Waals surface area contributed by atoms with Gasteiger partial charge in [0.1, 0.15) is 5.82 Å². The van der Waals surface area contributed by atoms with Crippen molar-refractivity contribution in [1.29, 1.82) is 0 Å². The zero-order valence-corrected chi connectivity index (χ0v) is 17.2. The topological polar surface area (TPSA) is 60.0 Å². The molecule has 8 heteroatoms. The van der Waals surface area contributed by atoms with Gasteiger partial charge in [0.15, 0.2) is 0 Å². The Morgan fingerprint density at radius 2 is 1.90 bits per heavy atom. The highest BCUT2D eigenvalue weighted by molar-refractivity contribution is 5.63. The summed E-state index contributed by atoms with van der Waals surface area (Å²) in [6.07, 6.45) is 0.0949. The molecule has 2 saturated carbocycles. The van der Waals surface area contributed by atoms with Crippen LogP contribution < -0.4 is 5.73 Å². The largest absolute Gasteiger partial charge is 0.419 e. The van der Waals surface area contributed by atoms with Crippen LogP contribution in [-0.4, -0.2) is 39.8 Å². The van der Waals surface area contributed by atoms with E-state index in [1.165, 1.54) is 19.0 Å². The summed E-state index contributed by atoms with van der Waals surface area (Å²) in [5.41, 5.74) is 6.58. The number of nitrogens with two attached hydrogens (primary N) is 1. The molecule has 2 N–H and O–H groups in total.